The number of nitrogens with one attached hydrogen (secondary N) is 1. The molecule has 0 aromatic carbocycles. The van der Waals surface area contributed by atoms with Crippen molar-refractivity contribution in [1.29, 1.82) is 0 Å². The van der Waals surface area contributed by atoms with E-state index in [-0.39, 0.29) is 5.91 Å². The summed E-state index contributed by atoms with van der Waals surface area (Å²) in [7, 11) is 3.65. The lowest BCUT2D eigenvalue weighted by Crippen LogP contribution is -2.49. The average molecular weight is 282 g/mol. The summed E-state index contributed by atoms with van der Waals surface area (Å²) < 4.78 is 0. The molecule has 0 bridgehead atoms. The molecule has 0 unspecified atom stereocenters. The third kappa shape index (κ3) is 4.72. The number of nitrogens with zero attached hydrogens (tertiary/aromatic N) is 2. The van der Waals surface area contributed by atoms with Gasteiger partial charge in [-0.3, -0.25) is 9.69 Å². The van der Waals surface area contributed by atoms with Gasteiger partial charge in [-0.1, -0.05) is 0 Å². The second kappa shape index (κ2) is 7.38. The molecule has 3 N–H and O–H groups in total. The number of hydrogen-bond acceptors (Lipinski definition) is 4. The number of rotatable bonds is 4. The van der Waals surface area contributed by atoms with Gasteiger partial charge in [0.1, 0.15) is 0 Å². The van der Waals surface area contributed by atoms with Crippen LogP contribution in [0.3, 0.4) is 0 Å². The largest absolute Gasteiger partial charge is 0.348 e. The van der Waals surface area contributed by atoms with Crippen LogP contribution in [0.2, 0.25) is 0 Å². The molecular formula is C15H30N4O. The molecule has 1 amide bonds. The third-order valence-electron chi connectivity index (χ3n) is 4.69. The van der Waals surface area contributed by atoms with Gasteiger partial charge in [-0.25, -0.2) is 0 Å². The van der Waals surface area contributed by atoms with E-state index < -0.39 is 0 Å². The molecular weight excluding hydrogens is 252 g/mol. The fourth-order valence-corrected chi connectivity index (χ4v) is 3.21. The Morgan fingerprint density at radius 2 is 1.65 bits per heavy atom. The molecule has 0 aromatic rings. The van der Waals surface area contributed by atoms with E-state index in [1.54, 1.807) is 4.90 Å². The van der Waals surface area contributed by atoms with Crippen LogP contribution in [0, 0.1) is 0 Å². The fourth-order valence-electron chi connectivity index (χ4n) is 3.21. The number of carbonyl (C=O) groups is 1. The van der Waals surface area contributed by atoms with E-state index in [9.17, 15) is 4.79 Å². The Balaban J connectivity index is 1.65. The van der Waals surface area contributed by atoms with E-state index in [1.165, 1.54) is 12.8 Å². The first-order valence-corrected chi connectivity index (χ1v) is 7.98. The minimum atomic E-state index is 0.206. The maximum Gasteiger partial charge on any atom is 0.236 e. The van der Waals surface area contributed by atoms with E-state index >= 15 is 0 Å². The van der Waals surface area contributed by atoms with Crippen molar-refractivity contribution in [2.75, 3.05) is 33.7 Å². The summed E-state index contributed by atoms with van der Waals surface area (Å²) in [4.78, 5) is 15.6. The number of hydrogen-bond donors (Lipinski definition) is 2. The standard InChI is InChI=1S/C15H30N4O/c1-18(2)15(20)11-19-9-7-14(8-10-19)17-13-5-3-12(16)4-6-13/h12-14,17H,3-11,16H2,1-2H3. The molecule has 1 saturated heterocycles. The van der Waals surface area contributed by atoms with E-state index in [0.717, 1.165) is 38.8 Å². The highest BCUT2D eigenvalue weighted by Gasteiger charge is 2.25. The molecule has 2 fully saturated rings. The number of likely N-dealkylation sites (N-methyl/N-ethyl adjacent to an activating group) is 1. The molecule has 116 valence electrons. The first kappa shape index (κ1) is 15.7. The number of piperidine rings is 1. The zero-order chi connectivity index (χ0) is 14.5. The van der Waals surface area contributed by atoms with Gasteiger partial charge in [0.2, 0.25) is 5.91 Å². The van der Waals surface area contributed by atoms with Crippen LogP contribution in [0.25, 0.3) is 0 Å². The molecule has 20 heavy (non-hydrogen) atoms. The van der Waals surface area contributed by atoms with Crippen LogP contribution in [0.5, 0.6) is 0 Å². The summed E-state index contributed by atoms with van der Waals surface area (Å²) in [5.41, 5.74) is 5.95. The van der Waals surface area contributed by atoms with Gasteiger partial charge >= 0.3 is 0 Å². The lowest BCUT2D eigenvalue weighted by Gasteiger charge is -2.36. The van der Waals surface area contributed by atoms with E-state index in [2.05, 4.69) is 10.2 Å². The monoisotopic (exact) mass is 282 g/mol. The van der Waals surface area contributed by atoms with E-state index in [0.29, 0.717) is 24.7 Å². The normalized spacial score (nSPS) is 29.4. The van der Waals surface area contributed by atoms with Crippen LogP contribution in [0.4, 0.5) is 0 Å². The molecule has 0 aromatic heterocycles. The van der Waals surface area contributed by atoms with Crippen molar-refractivity contribution in [2.45, 2.75) is 56.7 Å². The predicted molar refractivity (Wildman–Crippen MR) is 81.5 cm³/mol. The van der Waals surface area contributed by atoms with Crippen LogP contribution in [-0.2, 0) is 4.79 Å². The van der Waals surface area contributed by atoms with E-state index in [1.807, 2.05) is 14.1 Å². The van der Waals surface area contributed by atoms with Crippen molar-refractivity contribution in [3.8, 4) is 0 Å². The average Bonchev–Trinajstić information content (AvgIpc) is 2.43. The maximum atomic E-state index is 11.7. The van der Waals surface area contributed by atoms with Crippen molar-refractivity contribution in [3.05, 3.63) is 0 Å². The van der Waals surface area contributed by atoms with Crippen LogP contribution in [0.15, 0.2) is 0 Å². The molecule has 0 radical (unpaired) electrons. The van der Waals surface area contributed by atoms with Gasteiger partial charge in [0.05, 0.1) is 6.54 Å². The van der Waals surface area contributed by atoms with Gasteiger partial charge < -0.3 is 16.0 Å². The minimum absolute atomic E-state index is 0.206. The van der Waals surface area contributed by atoms with Crippen molar-refractivity contribution in [2.24, 2.45) is 5.73 Å². The van der Waals surface area contributed by atoms with Crippen molar-refractivity contribution in [1.82, 2.24) is 15.1 Å². The SMILES string of the molecule is CN(C)C(=O)CN1CCC(NC2CCC(N)CC2)CC1. The van der Waals surface area contributed by atoms with Crippen LogP contribution in [0.1, 0.15) is 38.5 Å². The minimum Gasteiger partial charge on any atom is -0.348 e. The zero-order valence-corrected chi connectivity index (χ0v) is 13.0. The van der Waals surface area contributed by atoms with Crippen LogP contribution < -0.4 is 11.1 Å². The topological polar surface area (TPSA) is 61.6 Å². The second-order valence-electron chi connectivity index (χ2n) is 6.62. The quantitative estimate of drug-likeness (QED) is 0.783. The molecule has 5 nitrogen and oxygen atoms in total. The van der Waals surface area contributed by atoms with Gasteiger partial charge in [-0.2, -0.15) is 0 Å². The molecule has 0 atom stereocenters. The lowest BCUT2D eigenvalue weighted by molar-refractivity contribution is -0.130. The molecule has 1 heterocycles. The van der Waals surface area contributed by atoms with Crippen LogP contribution in [-0.4, -0.2) is 67.6 Å². The van der Waals surface area contributed by atoms with Gasteiger partial charge in [-0.05, 0) is 38.5 Å². The molecule has 2 aliphatic rings. The summed E-state index contributed by atoms with van der Waals surface area (Å²) in [6, 6.07) is 1.71. The van der Waals surface area contributed by atoms with Crippen molar-refractivity contribution in [3.63, 3.8) is 0 Å². The lowest BCUT2D eigenvalue weighted by atomic mass is 9.90. The summed E-state index contributed by atoms with van der Waals surface area (Å²) >= 11 is 0. The Labute approximate surface area is 122 Å². The highest BCUT2D eigenvalue weighted by Crippen LogP contribution is 2.19. The number of amides is 1. The first-order chi connectivity index (χ1) is 9.54. The second-order valence-corrected chi connectivity index (χ2v) is 6.62. The number of likely N-dealkylation sites (tertiary alicyclic amines) is 1. The first-order valence-electron chi connectivity index (χ1n) is 7.98. The Morgan fingerprint density at radius 1 is 1.10 bits per heavy atom. The Hall–Kier alpha value is -0.650. The smallest absolute Gasteiger partial charge is 0.236 e. The van der Waals surface area contributed by atoms with Gasteiger partial charge in [-0.15, -0.1) is 0 Å². The Bertz CT molecular complexity index is 305. The summed E-state index contributed by atoms with van der Waals surface area (Å²) in [6.07, 6.45) is 7.08. The van der Waals surface area contributed by atoms with Crippen molar-refractivity contribution >= 4 is 5.91 Å². The van der Waals surface area contributed by atoms with Gasteiger partial charge in [0.25, 0.3) is 0 Å². The highest BCUT2D eigenvalue weighted by molar-refractivity contribution is 5.77. The molecule has 1 aliphatic carbocycles. The van der Waals surface area contributed by atoms with Crippen molar-refractivity contribution < 1.29 is 4.79 Å². The molecule has 2 rings (SSSR count). The Morgan fingerprint density at radius 3 is 2.20 bits per heavy atom. The molecule has 0 spiro atoms. The van der Waals surface area contributed by atoms with Crippen LogP contribution >= 0.6 is 0 Å². The maximum absolute atomic E-state index is 11.7. The zero-order valence-electron chi connectivity index (χ0n) is 13.0. The number of nitrogens with two attached hydrogens (primary N) is 1. The fraction of sp³-hybridized carbons (Fsp3) is 0.933. The Kier molecular flexibility index (Phi) is 5.81. The summed E-state index contributed by atoms with van der Waals surface area (Å²) in [6.45, 7) is 2.63. The van der Waals surface area contributed by atoms with Gasteiger partial charge in [0, 0.05) is 45.3 Å². The number of carbonyl (C=O) groups excluding carboxylic acids is 1. The predicted octanol–water partition coefficient (Wildman–Crippen LogP) is 0.399. The highest BCUT2D eigenvalue weighted by atomic mass is 16.2. The molecule has 1 aliphatic heterocycles. The molecule has 1 saturated carbocycles. The molecule has 5 heteroatoms. The summed E-state index contributed by atoms with van der Waals surface area (Å²) in [5, 5.41) is 3.80. The van der Waals surface area contributed by atoms with Gasteiger partial charge in [0.15, 0.2) is 0 Å². The summed E-state index contributed by atoms with van der Waals surface area (Å²) in [5.74, 6) is 0.206. The van der Waals surface area contributed by atoms with E-state index in [4.69, 9.17) is 5.73 Å². The third-order valence-corrected chi connectivity index (χ3v) is 4.69.